The van der Waals surface area contributed by atoms with Crippen LogP contribution in [-0.4, -0.2) is 39.5 Å². The predicted molar refractivity (Wildman–Crippen MR) is 80.9 cm³/mol. The molecule has 7 nitrogen and oxygen atoms in total. The standard InChI is InChI=1S/C14H20N2O5S/c1-4-15-13(17)10(3)21-14(18)11-6-8-12(9-7-11)22(19,20)16-5-2/h6-10,16H,4-5H2,1-3H3,(H,15,17)/t10-/m1/s1. The van der Waals surface area contributed by atoms with Gasteiger partial charge in [0.1, 0.15) is 0 Å². The first-order chi connectivity index (χ1) is 10.3. The molecule has 0 spiro atoms. The lowest BCUT2D eigenvalue weighted by atomic mass is 10.2. The summed E-state index contributed by atoms with van der Waals surface area (Å²) >= 11 is 0. The maximum atomic E-state index is 11.9. The number of hydrogen-bond donors (Lipinski definition) is 2. The number of ether oxygens (including phenoxy) is 1. The number of carbonyl (C=O) groups excluding carboxylic acids is 2. The van der Waals surface area contributed by atoms with E-state index >= 15 is 0 Å². The molecule has 0 saturated carbocycles. The topological polar surface area (TPSA) is 102 Å². The van der Waals surface area contributed by atoms with E-state index in [1.165, 1.54) is 31.2 Å². The molecule has 1 aromatic carbocycles. The molecule has 0 saturated heterocycles. The zero-order valence-electron chi connectivity index (χ0n) is 12.8. The third-order valence-corrected chi connectivity index (χ3v) is 4.30. The SMILES string of the molecule is CCNC(=O)[C@@H](C)OC(=O)c1ccc(S(=O)(=O)NCC)cc1. The van der Waals surface area contributed by atoms with Crippen molar-refractivity contribution in [1.82, 2.24) is 10.0 Å². The lowest BCUT2D eigenvalue weighted by Gasteiger charge is -2.12. The normalized spacial score (nSPS) is 12.5. The molecule has 0 aliphatic heterocycles. The second kappa shape index (κ2) is 7.90. The van der Waals surface area contributed by atoms with Crippen molar-refractivity contribution in [1.29, 1.82) is 0 Å². The summed E-state index contributed by atoms with van der Waals surface area (Å²) in [6.07, 6.45) is -0.919. The van der Waals surface area contributed by atoms with Crippen LogP contribution in [0.4, 0.5) is 0 Å². The maximum absolute atomic E-state index is 11.9. The first-order valence-corrected chi connectivity index (χ1v) is 8.38. The Labute approximate surface area is 130 Å². The molecule has 0 aliphatic rings. The van der Waals surface area contributed by atoms with Gasteiger partial charge < -0.3 is 10.1 Å². The number of nitrogens with one attached hydrogen (secondary N) is 2. The Hall–Kier alpha value is -1.93. The number of esters is 1. The highest BCUT2D eigenvalue weighted by Gasteiger charge is 2.19. The Morgan fingerprint density at radius 3 is 2.23 bits per heavy atom. The highest BCUT2D eigenvalue weighted by atomic mass is 32.2. The molecule has 1 atom stereocenters. The number of rotatable bonds is 7. The molecule has 0 unspecified atom stereocenters. The molecule has 1 aromatic rings. The Balaban J connectivity index is 2.78. The van der Waals surface area contributed by atoms with Crippen LogP contribution in [0.5, 0.6) is 0 Å². The van der Waals surface area contributed by atoms with Crippen molar-refractivity contribution < 1.29 is 22.7 Å². The smallest absolute Gasteiger partial charge is 0.338 e. The van der Waals surface area contributed by atoms with Gasteiger partial charge in [-0.15, -0.1) is 0 Å². The van der Waals surface area contributed by atoms with E-state index in [0.717, 1.165) is 0 Å². The van der Waals surface area contributed by atoms with Gasteiger partial charge in [-0.1, -0.05) is 6.92 Å². The zero-order valence-corrected chi connectivity index (χ0v) is 13.6. The minimum atomic E-state index is -3.56. The third kappa shape index (κ3) is 4.81. The number of likely N-dealkylation sites (N-methyl/N-ethyl adjacent to an activating group) is 1. The van der Waals surface area contributed by atoms with Gasteiger partial charge in [-0.3, -0.25) is 4.79 Å². The molecule has 0 bridgehead atoms. The van der Waals surface area contributed by atoms with Crippen LogP contribution in [0.25, 0.3) is 0 Å². The molecule has 2 N–H and O–H groups in total. The van der Waals surface area contributed by atoms with Crippen LogP contribution in [0, 0.1) is 0 Å². The molecule has 0 fully saturated rings. The summed E-state index contributed by atoms with van der Waals surface area (Å²) in [6.45, 7) is 5.61. The van der Waals surface area contributed by atoms with E-state index < -0.39 is 22.1 Å². The van der Waals surface area contributed by atoms with Crippen LogP contribution in [0.3, 0.4) is 0 Å². The Morgan fingerprint density at radius 2 is 1.73 bits per heavy atom. The molecule has 1 amide bonds. The lowest BCUT2D eigenvalue weighted by molar-refractivity contribution is -0.128. The van der Waals surface area contributed by atoms with Gasteiger partial charge in [-0.25, -0.2) is 17.9 Å². The predicted octanol–water partition coefficient (Wildman–Crippen LogP) is 0.666. The van der Waals surface area contributed by atoms with Gasteiger partial charge in [0.05, 0.1) is 10.5 Å². The Morgan fingerprint density at radius 1 is 1.14 bits per heavy atom. The van der Waals surface area contributed by atoms with Crippen LogP contribution in [0.15, 0.2) is 29.2 Å². The number of hydrogen-bond acceptors (Lipinski definition) is 5. The van der Waals surface area contributed by atoms with E-state index in [1.807, 2.05) is 0 Å². The highest BCUT2D eigenvalue weighted by molar-refractivity contribution is 7.89. The second-order valence-electron chi connectivity index (χ2n) is 4.47. The van der Waals surface area contributed by atoms with Crippen molar-refractivity contribution in [3.05, 3.63) is 29.8 Å². The van der Waals surface area contributed by atoms with E-state index in [0.29, 0.717) is 6.54 Å². The van der Waals surface area contributed by atoms with Crippen LogP contribution < -0.4 is 10.0 Å². The fourth-order valence-corrected chi connectivity index (χ4v) is 2.68. The average Bonchev–Trinajstić information content (AvgIpc) is 2.47. The van der Waals surface area contributed by atoms with Gasteiger partial charge in [-0.05, 0) is 38.1 Å². The largest absolute Gasteiger partial charge is 0.449 e. The summed E-state index contributed by atoms with van der Waals surface area (Å²) in [5, 5.41) is 2.54. The number of carbonyl (C=O) groups is 2. The molecule has 122 valence electrons. The van der Waals surface area contributed by atoms with Crippen molar-refractivity contribution in [3.63, 3.8) is 0 Å². The van der Waals surface area contributed by atoms with Gasteiger partial charge in [0.15, 0.2) is 6.10 Å². The van der Waals surface area contributed by atoms with Crippen LogP contribution >= 0.6 is 0 Å². The number of benzene rings is 1. The fraction of sp³-hybridized carbons (Fsp3) is 0.429. The van der Waals surface area contributed by atoms with Crippen molar-refractivity contribution in [2.75, 3.05) is 13.1 Å². The van der Waals surface area contributed by atoms with Gasteiger partial charge in [0.2, 0.25) is 10.0 Å². The van der Waals surface area contributed by atoms with Crippen LogP contribution in [0.2, 0.25) is 0 Å². The van der Waals surface area contributed by atoms with Gasteiger partial charge >= 0.3 is 5.97 Å². The minimum Gasteiger partial charge on any atom is -0.449 e. The molecular formula is C14H20N2O5S. The maximum Gasteiger partial charge on any atom is 0.338 e. The fourth-order valence-electron chi connectivity index (χ4n) is 1.64. The van der Waals surface area contributed by atoms with E-state index in [9.17, 15) is 18.0 Å². The van der Waals surface area contributed by atoms with Gasteiger partial charge in [0.25, 0.3) is 5.91 Å². The molecule has 8 heteroatoms. The van der Waals surface area contributed by atoms with E-state index in [1.54, 1.807) is 13.8 Å². The zero-order chi connectivity index (χ0) is 16.8. The summed E-state index contributed by atoms with van der Waals surface area (Å²) < 4.78 is 30.9. The van der Waals surface area contributed by atoms with E-state index in [2.05, 4.69) is 10.0 Å². The molecule has 1 rings (SSSR count). The molecule has 22 heavy (non-hydrogen) atoms. The highest BCUT2D eigenvalue weighted by Crippen LogP contribution is 2.12. The van der Waals surface area contributed by atoms with Crippen molar-refractivity contribution >= 4 is 21.9 Å². The lowest BCUT2D eigenvalue weighted by Crippen LogP contribution is -2.35. The third-order valence-electron chi connectivity index (χ3n) is 2.74. The molecule has 0 radical (unpaired) electrons. The van der Waals surface area contributed by atoms with Crippen molar-refractivity contribution in [2.24, 2.45) is 0 Å². The first kappa shape index (κ1) is 18.1. The summed E-state index contributed by atoms with van der Waals surface area (Å²) in [5.74, 6) is -1.08. The molecular weight excluding hydrogens is 308 g/mol. The molecule has 0 aromatic heterocycles. The molecule has 0 aliphatic carbocycles. The summed E-state index contributed by atoms with van der Waals surface area (Å²) in [7, 11) is -3.56. The Kier molecular flexibility index (Phi) is 6.51. The summed E-state index contributed by atoms with van der Waals surface area (Å²) in [5.41, 5.74) is 0.173. The molecule has 0 heterocycles. The summed E-state index contributed by atoms with van der Waals surface area (Å²) in [6, 6.07) is 5.31. The quantitative estimate of drug-likeness (QED) is 0.716. The number of sulfonamides is 1. The first-order valence-electron chi connectivity index (χ1n) is 6.90. The Bertz CT molecular complexity index is 625. The van der Waals surface area contributed by atoms with E-state index in [-0.39, 0.29) is 22.9 Å². The minimum absolute atomic E-state index is 0.0580. The van der Waals surface area contributed by atoms with Crippen molar-refractivity contribution in [3.8, 4) is 0 Å². The van der Waals surface area contributed by atoms with Gasteiger partial charge in [0, 0.05) is 13.1 Å². The number of amides is 1. The van der Waals surface area contributed by atoms with Crippen molar-refractivity contribution in [2.45, 2.75) is 31.8 Å². The summed E-state index contributed by atoms with van der Waals surface area (Å²) in [4.78, 5) is 23.4. The average molecular weight is 328 g/mol. The van der Waals surface area contributed by atoms with Crippen LogP contribution in [0.1, 0.15) is 31.1 Å². The monoisotopic (exact) mass is 328 g/mol. The van der Waals surface area contributed by atoms with Gasteiger partial charge in [-0.2, -0.15) is 0 Å². The second-order valence-corrected chi connectivity index (χ2v) is 6.23. The van der Waals surface area contributed by atoms with E-state index in [4.69, 9.17) is 4.74 Å². The van der Waals surface area contributed by atoms with Crippen LogP contribution in [-0.2, 0) is 19.6 Å².